The van der Waals surface area contributed by atoms with Crippen LogP contribution >= 0.6 is 0 Å². The maximum atomic E-state index is 11.1. The Bertz CT molecular complexity index is 491. The molecule has 3 heteroatoms. The minimum Gasteiger partial charge on any atom is -0.396 e. The highest BCUT2D eigenvalue weighted by molar-refractivity contribution is 5.15. The molecule has 3 rings (SSSR count). The summed E-state index contributed by atoms with van der Waals surface area (Å²) in [5, 5.41) is 21.1. The molecule has 0 unspecified atom stereocenters. The van der Waals surface area contributed by atoms with Gasteiger partial charge < -0.3 is 14.9 Å². The van der Waals surface area contributed by atoms with Crippen LogP contribution in [0.5, 0.6) is 0 Å². The van der Waals surface area contributed by atoms with E-state index in [0.717, 1.165) is 32.1 Å². The van der Waals surface area contributed by atoms with Gasteiger partial charge in [0.2, 0.25) is 0 Å². The first-order valence-electron chi connectivity index (χ1n) is 9.25. The van der Waals surface area contributed by atoms with Crippen molar-refractivity contribution in [2.75, 3.05) is 6.61 Å². The maximum Gasteiger partial charge on any atom is 0.0839 e. The molecule has 2 saturated carbocycles. The summed E-state index contributed by atoms with van der Waals surface area (Å²) >= 11 is 0. The van der Waals surface area contributed by atoms with Gasteiger partial charge in [-0.25, -0.2) is 0 Å². The van der Waals surface area contributed by atoms with Crippen LogP contribution in [-0.4, -0.2) is 34.1 Å². The van der Waals surface area contributed by atoms with E-state index in [2.05, 4.69) is 34.3 Å². The standard InChI is InChI=1S/C20H34O3/c1-6-18(3)11-8-15-19(4)10-7-9-17(2,13-21)16(19)14(22)12-20(15,5)23-18/h6,14-16,21-22H,1,7-13H2,2-5H3/t14-,15-,16+,17-,18+,19+,20+/m1/s1. The zero-order valence-corrected chi connectivity index (χ0v) is 15.3. The van der Waals surface area contributed by atoms with Crippen molar-refractivity contribution in [2.45, 2.75) is 83.5 Å². The molecule has 7 atom stereocenters. The number of ether oxygens (including phenoxy) is 1. The van der Waals surface area contributed by atoms with E-state index in [1.807, 2.05) is 6.08 Å². The lowest BCUT2D eigenvalue weighted by atomic mass is 9.43. The smallest absolute Gasteiger partial charge is 0.0839 e. The second-order valence-electron chi connectivity index (χ2n) is 9.44. The molecule has 0 radical (unpaired) electrons. The van der Waals surface area contributed by atoms with Gasteiger partial charge in [-0.2, -0.15) is 0 Å². The molecule has 0 aromatic heterocycles. The maximum absolute atomic E-state index is 11.1. The lowest BCUT2D eigenvalue weighted by Gasteiger charge is -2.66. The molecular formula is C20H34O3. The highest BCUT2D eigenvalue weighted by Gasteiger charge is 2.64. The Hall–Kier alpha value is -0.380. The highest BCUT2D eigenvalue weighted by Crippen LogP contribution is 2.65. The molecule has 0 bridgehead atoms. The van der Waals surface area contributed by atoms with E-state index in [-0.39, 0.29) is 34.6 Å². The fourth-order valence-corrected chi connectivity index (χ4v) is 6.73. The zero-order valence-electron chi connectivity index (χ0n) is 15.3. The SMILES string of the molecule is C=C[C@@]1(C)CC[C@@H]2[C@]3(C)CCC[C@](C)(CO)[C@@H]3[C@H](O)C[C@]2(C)O1. The molecule has 2 aliphatic carbocycles. The Morgan fingerprint density at radius 2 is 1.87 bits per heavy atom. The van der Waals surface area contributed by atoms with Crippen molar-refractivity contribution in [2.24, 2.45) is 22.7 Å². The summed E-state index contributed by atoms with van der Waals surface area (Å²) in [4.78, 5) is 0. The first kappa shape index (κ1) is 17.4. The number of aliphatic hydroxyl groups is 2. The molecular weight excluding hydrogens is 288 g/mol. The van der Waals surface area contributed by atoms with Crippen molar-refractivity contribution in [3.05, 3.63) is 12.7 Å². The topological polar surface area (TPSA) is 49.7 Å². The van der Waals surface area contributed by atoms with E-state index < -0.39 is 6.10 Å². The summed E-state index contributed by atoms with van der Waals surface area (Å²) in [6.07, 6.45) is 7.54. The Balaban J connectivity index is 2.01. The van der Waals surface area contributed by atoms with Crippen molar-refractivity contribution in [1.82, 2.24) is 0 Å². The van der Waals surface area contributed by atoms with E-state index in [0.29, 0.717) is 12.3 Å². The Morgan fingerprint density at radius 3 is 2.48 bits per heavy atom. The summed E-state index contributed by atoms with van der Waals surface area (Å²) in [6.45, 7) is 12.9. The number of fused-ring (bicyclic) bond motifs is 3. The molecule has 3 fully saturated rings. The molecule has 2 N–H and O–H groups in total. The van der Waals surface area contributed by atoms with Crippen LogP contribution in [0.1, 0.15) is 66.2 Å². The van der Waals surface area contributed by atoms with Gasteiger partial charge in [-0.05, 0) is 62.2 Å². The molecule has 0 spiro atoms. The minimum absolute atomic E-state index is 0.0324. The average molecular weight is 322 g/mol. The number of rotatable bonds is 2. The molecule has 0 amide bonds. The van der Waals surface area contributed by atoms with E-state index in [9.17, 15) is 10.2 Å². The van der Waals surface area contributed by atoms with Gasteiger partial charge in [0.15, 0.2) is 0 Å². The Kier molecular flexibility index (Phi) is 4.02. The molecule has 1 aliphatic heterocycles. The summed E-state index contributed by atoms with van der Waals surface area (Å²) in [7, 11) is 0. The first-order valence-corrected chi connectivity index (χ1v) is 9.25. The first-order chi connectivity index (χ1) is 10.6. The molecule has 132 valence electrons. The summed E-state index contributed by atoms with van der Waals surface area (Å²) < 4.78 is 6.56. The molecule has 23 heavy (non-hydrogen) atoms. The summed E-state index contributed by atoms with van der Waals surface area (Å²) in [5.41, 5.74) is -0.736. The number of hydrogen-bond donors (Lipinski definition) is 2. The van der Waals surface area contributed by atoms with E-state index in [4.69, 9.17) is 4.74 Å². The lowest BCUT2D eigenvalue weighted by Crippen LogP contribution is -2.67. The lowest BCUT2D eigenvalue weighted by molar-refractivity contribution is -0.281. The van der Waals surface area contributed by atoms with Crippen LogP contribution in [0.3, 0.4) is 0 Å². The third-order valence-corrected chi connectivity index (χ3v) is 7.65. The molecule has 0 aromatic carbocycles. The van der Waals surface area contributed by atoms with Crippen LogP contribution < -0.4 is 0 Å². The normalized spacial score (nSPS) is 56.5. The molecule has 3 nitrogen and oxygen atoms in total. The second kappa shape index (κ2) is 5.31. The van der Waals surface area contributed by atoms with Crippen molar-refractivity contribution >= 4 is 0 Å². The molecule has 1 heterocycles. The molecule has 1 saturated heterocycles. The Morgan fingerprint density at radius 1 is 1.17 bits per heavy atom. The fourth-order valence-electron chi connectivity index (χ4n) is 6.73. The predicted molar refractivity (Wildman–Crippen MR) is 92.1 cm³/mol. The fraction of sp³-hybridized carbons (Fsp3) is 0.900. The highest BCUT2D eigenvalue weighted by atomic mass is 16.5. The monoisotopic (exact) mass is 322 g/mol. The van der Waals surface area contributed by atoms with Crippen LogP contribution in [-0.2, 0) is 4.74 Å². The van der Waals surface area contributed by atoms with Gasteiger partial charge in [0.25, 0.3) is 0 Å². The van der Waals surface area contributed by atoms with Crippen LogP contribution in [0.2, 0.25) is 0 Å². The molecule has 3 aliphatic rings. The van der Waals surface area contributed by atoms with Crippen molar-refractivity contribution in [3.63, 3.8) is 0 Å². The van der Waals surface area contributed by atoms with Gasteiger partial charge in [0, 0.05) is 13.0 Å². The summed E-state index contributed by atoms with van der Waals surface area (Å²) in [5.74, 6) is 0.589. The van der Waals surface area contributed by atoms with Gasteiger partial charge in [0.05, 0.1) is 17.3 Å². The van der Waals surface area contributed by atoms with Gasteiger partial charge >= 0.3 is 0 Å². The van der Waals surface area contributed by atoms with Gasteiger partial charge in [-0.15, -0.1) is 6.58 Å². The van der Waals surface area contributed by atoms with E-state index in [1.54, 1.807) is 0 Å². The van der Waals surface area contributed by atoms with Crippen molar-refractivity contribution < 1.29 is 14.9 Å². The van der Waals surface area contributed by atoms with Crippen LogP contribution in [0.25, 0.3) is 0 Å². The minimum atomic E-state index is -0.411. The van der Waals surface area contributed by atoms with Gasteiger partial charge in [-0.1, -0.05) is 26.3 Å². The summed E-state index contributed by atoms with van der Waals surface area (Å²) in [6, 6.07) is 0. The van der Waals surface area contributed by atoms with Crippen molar-refractivity contribution in [1.29, 1.82) is 0 Å². The third kappa shape index (κ3) is 2.42. The Labute approximate surface area is 141 Å². The van der Waals surface area contributed by atoms with Gasteiger partial charge in [-0.3, -0.25) is 0 Å². The zero-order chi connectivity index (χ0) is 17.1. The largest absolute Gasteiger partial charge is 0.396 e. The predicted octanol–water partition coefficient (Wildman–Crippen LogP) is 3.69. The number of aliphatic hydroxyl groups excluding tert-OH is 2. The quantitative estimate of drug-likeness (QED) is 0.762. The second-order valence-corrected chi connectivity index (χ2v) is 9.44. The van der Waals surface area contributed by atoms with Crippen LogP contribution in [0.4, 0.5) is 0 Å². The van der Waals surface area contributed by atoms with E-state index in [1.165, 1.54) is 0 Å². The van der Waals surface area contributed by atoms with Gasteiger partial charge in [0.1, 0.15) is 0 Å². The van der Waals surface area contributed by atoms with Crippen LogP contribution in [0, 0.1) is 22.7 Å². The number of hydrogen-bond acceptors (Lipinski definition) is 3. The average Bonchev–Trinajstić information content (AvgIpc) is 2.45. The van der Waals surface area contributed by atoms with Crippen LogP contribution in [0.15, 0.2) is 12.7 Å². The molecule has 0 aromatic rings. The van der Waals surface area contributed by atoms with E-state index >= 15 is 0 Å². The van der Waals surface area contributed by atoms with Crippen molar-refractivity contribution in [3.8, 4) is 0 Å². The third-order valence-electron chi connectivity index (χ3n) is 7.65.